The number of ether oxygens (including phenoxy) is 1. The first-order valence-electron chi connectivity index (χ1n) is 4.19. The number of hydrogen-bond donors (Lipinski definition) is 1. The smallest absolute Gasteiger partial charge is 0.367 e. The van der Waals surface area contributed by atoms with E-state index in [0.717, 1.165) is 6.92 Å². The molecule has 0 saturated carbocycles. The molecular formula is C8H16F3NO. The number of halogens is 3. The van der Waals surface area contributed by atoms with Crippen LogP contribution in [-0.4, -0.2) is 24.9 Å². The second kappa shape index (κ2) is 4.81. The minimum atomic E-state index is -4.29. The molecule has 0 bridgehead atoms. The van der Waals surface area contributed by atoms with Gasteiger partial charge in [-0.1, -0.05) is 13.8 Å². The molecule has 80 valence electrons. The van der Waals surface area contributed by atoms with Crippen LogP contribution in [0.5, 0.6) is 0 Å². The van der Waals surface area contributed by atoms with Crippen LogP contribution in [0.3, 0.4) is 0 Å². The third kappa shape index (κ3) is 5.10. The summed E-state index contributed by atoms with van der Waals surface area (Å²) < 4.78 is 40.4. The average molecular weight is 199 g/mol. The summed E-state index contributed by atoms with van der Waals surface area (Å²) in [5.41, 5.74) is 5.52. The minimum absolute atomic E-state index is 0.0572. The average Bonchev–Trinajstić information content (AvgIpc) is 1.97. The molecule has 2 atom stereocenters. The summed E-state index contributed by atoms with van der Waals surface area (Å²) in [5, 5.41) is 0. The Bertz CT molecular complexity index is 147. The van der Waals surface area contributed by atoms with E-state index in [2.05, 4.69) is 4.74 Å². The van der Waals surface area contributed by atoms with Gasteiger partial charge in [0.05, 0.1) is 6.61 Å². The van der Waals surface area contributed by atoms with Crippen molar-refractivity contribution in [3.05, 3.63) is 0 Å². The second-order valence-corrected chi connectivity index (χ2v) is 3.43. The Morgan fingerprint density at radius 2 is 1.69 bits per heavy atom. The van der Waals surface area contributed by atoms with Crippen LogP contribution in [0.1, 0.15) is 20.8 Å². The molecule has 2 nitrogen and oxygen atoms in total. The van der Waals surface area contributed by atoms with Crippen molar-refractivity contribution in [3.8, 4) is 0 Å². The fourth-order valence-electron chi connectivity index (χ4n) is 0.542. The molecule has 2 N–H and O–H groups in total. The van der Waals surface area contributed by atoms with Crippen molar-refractivity contribution in [1.29, 1.82) is 0 Å². The number of nitrogens with two attached hydrogens (primary N) is 1. The molecule has 2 unspecified atom stereocenters. The Labute approximate surface area is 76.2 Å². The highest BCUT2D eigenvalue weighted by Crippen LogP contribution is 2.22. The SMILES string of the molecule is CC(C)C(N)COC(C)C(F)(F)F. The number of alkyl halides is 3. The van der Waals surface area contributed by atoms with Crippen LogP contribution in [0.4, 0.5) is 13.2 Å². The Morgan fingerprint density at radius 3 is 2.00 bits per heavy atom. The van der Waals surface area contributed by atoms with E-state index in [1.165, 1.54) is 0 Å². The summed E-state index contributed by atoms with van der Waals surface area (Å²) in [4.78, 5) is 0. The second-order valence-electron chi connectivity index (χ2n) is 3.43. The topological polar surface area (TPSA) is 35.2 Å². The maximum Gasteiger partial charge on any atom is 0.414 e. The standard InChI is InChI=1S/C8H16F3NO/c1-5(2)7(12)4-13-6(3)8(9,10)11/h5-7H,4,12H2,1-3H3. The molecule has 0 aliphatic heterocycles. The van der Waals surface area contributed by atoms with Crippen LogP contribution in [0.25, 0.3) is 0 Å². The monoisotopic (exact) mass is 199 g/mol. The molecule has 0 aromatic carbocycles. The first-order valence-corrected chi connectivity index (χ1v) is 4.19. The van der Waals surface area contributed by atoms with Crippen LogP contribution >= 0.6 is 0 Å². The summed E-state index contributed by atoms with van der Waals surface area (Å²) in [6.45, 7) is 4.60. The maximum absolute atomic E-state index is 11.9. The van der Waals surface area contributed by atoms with E-state index in [9.17, 15) is 13.2 Å². The molecule has 0 aliphatic rings. The zero-order chi connectivity index (χ0) is 10.6. The van der Waals surface area contributed by atoms with Gasteiger partial charge < -0.3 is 10.5 Å². The highest BCUT2D eigenvalue weighted by atomic mass is 19.4. The first-order chi connectivity index (χ1) is 5.75. The van der Waals surface area contributed by atoms with Gasteiger partial charge in [0.25, 0.3) is 0 Å². The van der Waals surface area contributed by atoms with Crippen LogP contribution in [0.2, 0.25) is 0 Å². The van der Waals surface area contributed by atoms with Crippen molar-refractivity contribution in [2.24, 2.45) is 11.7 Å². The van der Waals surface area contributed by atoms with E-state index < -0.39 is 12.3 Å². The van der Waals surface area contributed by atoms with E-state index in [4.69, 9.17) is 5.73 Å². The van der Waals surface area contributed by atoms with Gasteiger partial charge in [-0.2, -0.15) is 13.2 Å². The van der Waals surface area contributed by atoms with E-state index in [0.29, 0.717) is 0 Å². The highest BCUT2D eigenvalue weighted by Gasteiger charge is 2.37. The van der Waals surface area contributed by atoms with E-state index >= 15 is 0 Å². The van der Waals surface area contributed by atoms with Crippen LogP contribution in [-0.2, 0) is 4.74 Å². The third-order valence-electron chi connectivity index (χ3n) is 1.86. The summed E-state index contributed by atoms with van der Waals surface area (Å²) in [6.07, 6.45) is -6.03. The minimum Gasteiger partial charge on any atom is -0.367 e. The molecule has 0 heterocycles. The zero-order valence-corrected chi connectivity index (χ0v) is 8.06. The Hall–Kier alpha value is -0.290. The maximum atomic E-state index is 11.9. The molecule has 0 spiro atoms. The summed E-state index contributed by atoms with van der Waals surface area (Å²) in [5.74, 6) is 0.125. The molecule has 0 aliphatic carbocycles. The van der Waals surface area contributed by atoms with Gasteiger partial charge in [-0.15, -0.1) is 0 Å². The van der Waals surface area contributed by atoms with Crippen molar-refractivity contribution in [1.82, 2.24) is 0 Å². The van der Waals surface area contributed by atoms with Crippen LogP contribution in [0, 0.1) is 5.92 Å². The van der Waals surface area contributed by atoms with Gasteiger partial charge in [0.2, 0.25) is 0 Å². The molecular weight excluding hydrogens is 183 g/mol. The fourth-order valence-corrected chi connectivity index (χ4v) is 0.542. The van der Waals surface area contributed by atoms with Gasteiger partial charge in [0.15, 0.2) is 6.10 Å². The largest absolute Gasteiger partial charge is 0.414 e. The fraction of sp³-hybridized carbons (Fsp3) is 1.00. The van der Waals surface area contributed by atoms with E-state index in [1.54, 1.807) is 0 Å². The number of rotatable bonds is 4. The first kappa shape index (κ1) is 12.7. The molecule has 0 rings (SSSR count). The molecule has 0 fully saturated rings. The lowest BCUT2D eigenvalue weighted by atomic mass is 10.1. The third-order valence-corrected chi connectivity index (χ3v) is 1.86. The van der Waals surface area contributed by atoms with Gasteiger partial charge >= 0.3 is 6.18 Å². The van der Waals surface area contributed by atoms with Gasteiger partial charge in [-0.25, -0.2) is 0 Å². The van der Waals surface area contributed by atoms with Gasteiger partial charge in [0, 0.05) is 6.04 Å². The van der Waals surface area contributed by atoms with Crippen LogP contribution < -0.4 is 5.73 Å². The molecule has 13 heavy (non-hydrogen) atoms. The summed E-state index contributed by atoms with van der Waals surface area (Å²) >= 11 is 0. The van der Waals surface area contributed by atoms with Crippen molar-refractivity contribution in [2.45, 2.75) is 39.1 Å². The molecule has 0 aromatic heterocycles. The highest BCUT2D eigenvalue weighted by molar-refractivity contribution is 4.67. The summed E-state index contributed by atoms with van der Waals surface area (Å²) in [7, 11) is 0. The molecule has 0 aromatic rings. The van der Waals surface area contributed by atoms with Gasteiger partial charge in [-0.05, 0) is 12.8 Å². The molecule has 5 heteroatoms. The van der Waals surface area contributed by atoms with Crippen molar-refractivity contribution in [3.63, 3.8) is 0 Å². The lowest BCUT2D eigenvalue weighted by molar-refractivity contribution is -0.215. The normalized spacial score (nSPS) is 17.5. The Morgan fingerprint density at radius 1 is 1.23 bits per heavy atom. The lowest BCUT2D eigenvalue weighted by Crippen LogP contribution is -2.37. The van der Waals surface area contributed by atoms with E-state index in [-0.39, 0.29) is 18.6 Å². The quantitative estimate of drug-likeness (QED) is 0.750. The molecule has 0 radical (unpaired) electrons. The van der Waals surface area contributed by atoms with E-state index in [1.807, 2.05) is 13.8 Å². The van der Waals surface area contributed by atoms with Crippen LogP contribution in [0.15, 0.2) is 0 Å². The summed E-state index contributed by atoms with van der Waals surface area (Å²) in [6, 6.07) is -0.343. The van der Waals surface area contributed by atoms with Crippen molar-refractivity contribution in [2.75, 3.05) is 6.61 Å². The predicted molar refractivity (Wildman–Crippen MR) is 44.3 cm³/mol. The Balaban J connectivity index is 3.77. The lowest BCUT2D eigenvalue weighted by Gasteiger charge is -2.20. The number of hydrogen-bond acceptors (Lipinski definition) is 2. The van der Waals surface area contributed by atoms with Gasteiger partial charge in [-0.3, -0.25) is 0 Å². The molecule has 0 amide bonds. The zero-order valence-electron chi connectivity index (χ0n) is 8.06. The van der Waals surface area contributed by atoms with Gasteiger partial charge in [0.1, 0.15) is 0 Å². The molecule has 0 saturated heterocycles. The predicted octanol–water partition coefficient (Wildman–Crippen LogP) is 1.94. The van der Waals surface area contributed by atoms with Crippen molar-refractivity contribution >= 4 is 0 Å². The Kier molecular flexibility index (Phi) is 4.70. The van der Waals surface area contributed by atoms with Crippen molar-refractivity contribution < 1.29 is 17.9 Å².